The van der Waals surface area contributed by atoms with Crippen LogP contribution in [0, 0.1) is 0 Å². The predicted molar refractivity (Wildman–Crippen MR) is 92.1 cm³/mol. The maximum absolute atomic E-state index is 11.6. The third-order valence-corrected chi connectivity index (χ3v) is 3.05. The summed E-state index contributed by atoms with van der Waals surface area (Å²) in [5, 5.41) is 6.81. The van der Waals surface area contributed by atoms with Gasteiger partial charge in [-0.15, -0.1) is 0 Å². The van der Waals surface area contributed by atoms with Gasteiger partial charge in [0, 0.05) is 5.02 Å². The van der Waals surface area contributed by atoms with Crippen LogP contribution in [0.5, 0.6) is 5.75 Å². The quantitative estimate of drug-likeness (QED) is 0.595. The molecule has 0 spiro atoms. The van der Waals surface area contributed by atoms with Crippen LogP contribution in [0.25, 0.3) is 0 Å². The molecule has 6 nitrogen and oxygen atoms in total. The number of hydrogen-bond donors (Lipinski definition) is 2. The minimum atomic E-state index is -0.443. The Kier molecular flexibility index (Phi) is 6.79. The van der Waals surface area contributed by atoms with Crippen molar-refractivity contribution in [3.05, 3.63) is 65.2 Å². The highest BCUT2D eigenvalue weighted by molar-refractivity contribution is 6.30. The standard InChI is InChI=1S/C17H16ClN3O3/c18-14-6-4-5-13(9-14)10-20-21-16(22)11-19-17(23)12-24-15-7-2-1-3-8-15/h1-10H,11-12H2,(H,19,23)(H,21,22)/b20-10-. The van der Waals surface area contributed by atoms with Gasteiger partial charge in [-0.2, -0.15) is 5.10 Å². The smallest absolute Gasteiger partial charge is 0.259 e. The van der Waals surface area contributed by atoms with Crippen molar-refractivity contribution in [3.63, 3.8) is 0 Å². The average molecular weight is 346 g/mol. The predicted octanol–water partition coefficient (Wildman–Crippen LogP) is 1.99. The van der Waals surface area contributed by atoms with E-state index in [9.17, 15) is 9.59 Å². The first-order valence-corrected chi connectivity index (χ1v) is 7.53. The van der Waals surface area contributed by atoms with E-state index in [1.54, 1.807) is 48.5 Å². The van der Waals surface area contributed by atoms with Crippen molar-refractivity contribution in [1.82, 2.24) is 10.7 Å². The zero-order chi connectivity index (χ0) is 17.2. The summed E-state index contributed by atoms with van der Waals surface area (Å²) in [4.78, 5) is 23.2. The van der Waals surface area contributed by atoms with E-state index in [2.05, 4.69) is 15.8 Å². The number of carbonyl (C=O) groups is 2. The lowest BCUT2D eigenvalue weighted by atomic mass is 10.2. The first-order chi connectivity index (χ1) is 11.6. The molecular weight excluding hydrogens is 330 g/mol. The Bertz CT molecular complexity index is 720. The lowest BCUT2D eigenvalue weighted by molar-refractivity contribution is -0.127. The molecule has 0 aliphatic rings. The van der Waals surface area contributed by atoms with Crippen molar-refractivity contribution in [3.8, 4) is 5.75 Å². The number of hydrogen-bond acceptors (Lipinski definition) is 4. The molecule has 24 heavy (non-hydrogen) atoms. The molecule has 2 aromatic carbocycles. The Morgan fingerprint density at radius 3 is 2.62 bits per heavy atom. The van der Waals surface area contributed by atoms with Gasteiger partial charge in [0.1, 0.15) is 5.75 Å². The lowest BCUT2D eigenvalue weighted by Gasteiger charge is -2.06. The van der Waals surface area contributed by atoms with E-state index in [0.29, 0.717) is 10.8 Å². The second-order valence-corrected chi connectivity index (χ2v) is 5.16. The number of ether oxygens (including phenoxy) is 1. The molecule has 124 valence electrons. The molecule has 0 saturated heterocycles. The topological polar surface area (TPSA) is 79.8 Å². The highest BCUT2D eigenvalue weighted by Gasteiger charge is 2.05. The number of nitrogens with zero attached hydrogens (tertiary/aromatic N) is 1. The molecule has 2 amide bonds. The molecule has 0 atom stereocenters. The summed E-state index contributed by atoms with van der Waals surface area (Å²) in [6.07, 6.45) is 1.46. The third-order valence-electron chi connectivity index (χ3n) is 2.81. The number of hydrazone groups is 1. The highest BCUT2D eigenvalue weighted by atomic mass is 35.5. The lowest BCUT2D eigenvalue weighted by Crippen LogP contribution is -2.37. The number of carbonyl (C=O) groups excluding carboxylic acids is 2. The first-order valence-electron chi connectivity index (χ1n) is 7.15. The van der Waals surface area contributed by atoms with Crippen LogP contribution in [-0.2, 0) is 9.59 Å². The Morgan fingerprint density at radius 2 is 1.88 bits per heavy atom. The zero-order valence-corrected chi connectivity index (χ0v) is 13.5. The van der Waals surface area contributed by atoms with Gasteiger partial charge in [-0.05, 0) is 29.8 Å². The van der Waals surface area contributed by atoms with Gasteiger partial charge < -0.3 is 10.1 Å². The summed E-state index contributed by atoms with van der Waals surface area (Å²) in [6, 6.07) is 16.0. The minimum absolute atomic E-state index is 0.164. The number of rotatable bonds is 7. The van der Waals surface area contributed by atoms with E-state index in [-0.39, 0.29) is 13.2 Å². The molecule has 0 aromatic heterocycles. The normalized spacial score (nSPS) is 10.4. The van der Waals surface area contributed by atoms with Crippen LogP contribution in [0.4, 0.5) is 0 Å². The number of halogens is 1. The monoisotopic (exact) mass is 345 g/mol. The molecular formula is C17H16ClN3O3. The summed E-state index contributed by atoms with van der Waals surface area (Å²) in [5.41, 5.74) is 3.06. The summed E-state index contributed by atoms with van der Waals surface area (Å²) in [5.74, 6) is -0.252. The van der Waals surface area contributed by atoms with Crippen LogP contribution in [0.3, 0.4) is 0 Å². The van der Waals surface area contributed by atoms with Gasteiger partial charge in [-0.1, -0.05) is 41.9 Å². The molecule has 0 saturated carbocycles. The first kappa shape index (κ1) is 17.5. The zero-order valence-electron chi connectivity index (χ0n) is 12.7. The van der Waals surface area contributed by atoms with Gasteiger partial charge in [0.05, 0.1) is 12.8 Å². The van der Waals surface area contributed by atoms with Crippen molar-refractivity contribution < 1.29 is 14.3 Å². The van der Waals surface area contributed by atoms with Gasteiger partial charge in [0.25, 0.3) is 11.8 Å². The van der Waals surface area contributed by atoms with Crippen molar-refractivity contribution in [2.24, 2.45) is 5.10 Å². The molecule has 0 fully saturated rings. The molecule has 2 N–H and O–H groups in total. The van der Waals surface area contributed by atoms with Crippen LogP contribution in [0.2, 0.25) is 5.02 Å². The second-order valence-electron chi connectivity index (χ2n) is 4.73. The molecule has 0 radical (unpaired) electrons. The van der Waals surface area contributed by atoms with Crippen molar-refractivity contribution in [2.45, 2.75) is 0 Å². The summed E-state index contributed by atoms with van der Waals surface area (Å²) in [6.45, 7) is -0.354. The van der Waals surface area contributed by atoms with Gasteiger partial charge in [0.15, 0.2) is 6.61 Å². The van der Waals surface area contributed by atoms with E-state index in [4.69, 9.17) is 16.3 Å². The number of para-hydroxylation sites is 1. The fourth-order valence-electron chi connectivity index (χ4n) is 1.70. The molecule has 2 rings (SSSR count). The number of amides is 2. The molecule has 0 heterocycles. The summed E-state index contributed by atoms with van der Waals surface area (Å²) in [7, 11) is 0. The molecule has 0 unspecified atom stereocenters. The number of nitrogens with one attached hydrogen (secondary N) is 2. The largest absolute Gasteiger partial charge is 0.484 e. The molecule has 7 heteroatoms. The van der Waals surface area contributed by atoms with E-state index in [1.165, 1.54) is 6.21 Å². The van der Waals surface area contributed by atoms with Crippen LogP contribution in [-0.4, -0.2) is 31.2 Å². The Labute approximate surface area is 144 Å². The van der Waals surface area contributed by atoms with Crippen molar-refractivity contribution in [1.29, 1.82) is 0 Å². The van der Waals surface area contributed by atoms with E-state index in [0.717, 1.165) is 5.56 Å². The Balaban J connectivity index is 1.66. The highest BCUT2D eigenvalue weighted by Crippen LogP contribution is 2.08. The SMILES string of the molecule is O=C(COc1ccccc1)NCC(=O)N/N=C\c1cccc(Cl)c1. The van der Waals surface area contributed by atoms with Gasteiger partial charge in [-0.3, -0.25) is 9.59 Å². The summed E-state index contributed by atoms with van der Waals surface area (Å²) < 4.78 is 5.26. The summed E-state index contributed by atoms with van der Waals surface area (Å²) >= 11 is 5.84. The molecule has 0 aliphatic carbocycles. The number of benzene rings is 2. The van der Waals surface area contributed by atoms with Crippen molar-refractivity contribution in [2.75, 3.05) is 13.2 Å². The maximum Gasteiger partial charge on any atom is 0.259 e. The Morgan fingerprint density at radius 1 is 1.08 bits per heavy atom. The van der Waals surface area contributed by atoms with Gasteiger partial charge in [-0.25, -0.2) is 5.43 Å². The van der Waals surface area contributed by atoms with E-state index >= 15 is 0 Å². The Hall–Kier alpha value is -2.86. The van der Waals surface area contributed by atoms with E-state index in [1.807, 2.05) is 6.07 Å². The molecule has 0 bridgehead atoms. The van der Waals surface area contributed by atoms with Crippen LogP contribution < -0.4 is 15.5 Å². The van der Waals surface area contributed by atoms with E-state index < -0.39 is 11.8 Å². The average Bonchev–Trinajstić information content (AvgIpc) is 2.59. The maximum atomic E-state index is 11.6. The minimum Gasteiger partial charge on any atom is -0.484 e. The van der Waals surface area contributed by atoms with Crippen molar-refractivity contribution >= 4 is 29.6 Å². The molecule has 2 aromatic rings. The second kappa shape index (κ2) is 9.32. The fourth-order valence-corrected chi connectivity index (χ4v) is 1.90. The third kappa shape index (κ3) is 6.50. The van der Waals surface area contributed by atoms with Gasteiger partial charge in [0.2, 0.25) is 0 Å². The van der Waals surface area contributed by atoms with Crippen LogP contribution in [0.15, 0.2) is 59.7 Å². The van der Waals surface area contributed by atoms with Gasteiger partial charge >= 0.3 is 0 Å². The molecule has 0 aliphatic heterocycles. The van der Waals surface area contributed by atoms with Crippen LogP contribution >= 0.6 is 11.6 Å². The fraction of sp³-hybridized carbons (Fsp3) is 0.118. The van der Waals surface area contributed by atoms with Crippen LogP contribution in [0.1, 0.15) is 5.56 Å².